The number of hydrogen-bond donors (Lipinski definition) is 1. The first-order chi connectivity index (χ1) is 14.4. The first kappa shape index (κ1) is 20.5. The first-order valence-electron chi connectivity index (χ1n) is 10.1. The molecule has 0 saturated carbocycles. The Balaban J connectivity index is 1.67. The summed E-state index contributed by atoms with van der Waals surface area (Å²) in [6.45, 7) is 4.83. The van der Waals surface area contributed by atoms with Crippen molar-refractivity contribution in [3.63, 3.8) is 0 Å². The van der Waals surface area contributed by atoms with E-state index in [0.29, 0.717) is 24.3 Å². The summed E-state index contributed by atoms with van der Waals surface area (Å²) in [6, 6.07) is 12.3. The summed E-state index contributed by atoms with van der Waals surface area (Å²) in [5.74, 6) is -0.336. The third-order valence-electron chi connectivity index (χ3n) is 5.63. The minimum Gasteiger partial charge on any atom is -0.321 e. The highest BCUT2D eigenvalue weighted by atomic mass is 32.2. The van der Waals surface area contributed by atoms with Crippen LogP contribution in [0.1, 0.15) is 40.7 Å². The number of hydrogen-bond acceptors (Lipinski definition) is 4. The lowest BCUT2D eigenvalue weighted by molar-refractivity contribution is 0.102. The highest BCUT2D eigenvalue weighted by molar-refractivity contribution is 7.89. The zero-order valence-corrected chi connectivity index (χ0v) is 18.0. The van der Waals surface area contributed by atoms with E-state index in [-0.39, 0.29) is 10.8 Å². The predicted octanol–water partition coefficient (Wildman–Crippen LogP) is 4.28. The Bertz CT molecular complexity index is 1220. The van der Waals surface area contributed by atoms with E-state index in [1.165, 1.54) is 10.4 Å². The second-order valence-corrected chi connectivity index (χ2v) is 9.66. The Morgan fingerprint density at radius 1 is 1.00 bits per heavy atom. The zero-order valence-electron chi connectivity index (χ0n) is 17.2. The summed E-state index contributed by atoms with van der Waals surface area (Å²) in [6.07, 6.45) is 4.51. The maximum atomic E-state index is 13.1. The van der Waals surface area contributed by atoms with Gasteiger partial charge in [-0.25, -0.2) is 8.42 Å². The zero-order chi connectivity index (χ0) is 21.3. The molecule has 1 aliphatic rings. The van der Waals surface area contributed by atoms with Gasteiger partial charge in [0.05, 0.1) is 16.1 Å². The summed E-state index contributed by atoms with van der Waals surface area (Å²) >= 11 is 0. The van der Waals surface area contributed by atoms with Crippen LogP contribution in [0.15, 0.2) is 53.6 Å². The number of aryl methyl sites for hydroxylation is 2. The number of sulfonamides is 1. The van der Waals surface area contributed by atoms with E-state index in [4.69, 9.17) is 0 Å². The largest absolute Gasteiger partial charge is 0.321 e. The number of nitrogens with one attached hydrogen (secondary N) is 1. The van der Waals surface area contributed by atoms with Gasteiger partial charge in [-0.05, 0) is 68.1 Å². The van der Waals surface area contributed by atoms with Gasteiger partial charge in [0.15, 0.2) is 0 Å². The lowest BCUT2D eigenvalue weighted by Gasteiger charge is -2.26. The van der Waals surface area contributed by atoms with Gasteiger partial charge in [0.1, 0.15) is 0 Å². The predicted molar refractivity (Wildman–Crippen MR) is 118 cm³/mol. The number of carbonyl (C=O) groups excluding carboxylic acids is 1. The van der Waals surface area contributed by atoms with Crippen LogP contribution in [0.25, 0.3) is 10.9 Å². The van der Waals surface area contributed by atoms with Gasteiger partial charge < -0.3 is 5.32 Å². The summed E-state index contributed by atoms with van der Waals surface area (Å²) in [7, 11) is -3.60. The van der Waals surface area contributed by atoms with Crippen molar-refractivity contribution in [2.75, 3.05) is 18.4 Å². The number of aromatic nitrogens is 1. The Labute approximate surface area is 177 Å². The lowest BCUT2D eigenvalue weighted by Crippen LogP contribution is -2.35. The number of carbonyl (C=O) groups is 1. The molecule has 2 aromatic carbocycles. The van der Waals surface area contributed by atoms with Crippen molar-refractivity contribution in [1.29, 1.82) is 0 Å². The molecule has 3 aromatic rings. The fourth-order valence-electron chi connectivity index (χ4n) is 3.87. The van der Waals surface area contributed by atoms with Crippen LogP contribution < -0.4 is 5.32 Å². The number of anilines is 1. The molecule has 0 unspecified atom stereocenters. The maximum Gasteiger partial charge on any atom is 0.255 e. The van der Waals surface area contributed by atoms with Gasteiger partial charge in [-0.2, -0.15) is 4.31 Å². The van der Waals surface area contributed by atoms with E-state index >= 15 is 0 Å². The molecule has 1 N–H and O–H groups in total. The molecule has 1 saturated heterocycles. The van der Waals surface area contributed by atoms with Gasteiger partial charge >= 0.3 is 0 Å². The summed E-state index contributed by atoms with van der Waals surface area (Å²) in [5.41, 5.74) is 3.57. The van der Waals surface area contributed by atoms with Gasteiger partial charge in [-0.1, -0.05) is 18.6 Å². The highest BCUT2D eigenvalue weighted by Gasteiger charge is 2.27. The van der Waals surface area contributed by atoms with Crippen molar-refractivity contribution in [1.82, 2.24) is 9.29 Å². The Hall–Kier alpha value is -2.77. The molecule has 7 heteroatoms. The third-order valence-corrected chi connectivity index (χ3v) is 7.52. The monoisotopic (exact) mass is 423 g/mol. The molecule has 0 atom stereocenters. The normalized spacial score (nSPS) is 15.3. The molecule has 0 aliphatic carbocycles. The van der Waals surface area contributed by atoms with Crippen LogP contribution in [0.5, 0.6) is 0 Å². The molecule has 1 aromatic heterocycles. The van der Waals surface area contributed by atoms with Crippen LogP contribution in [-0.2, 0) is 10.0 Å². The van der Waals surface area contributed by atoms with E-state index < -0.39 is 10.0 Å². The Morgan fingerprint density at radius 2 is 1.73 bits per heavy atom. The van der Waals surface area contributed by atoms with Crippen molar-refractivity contribution in [3.05, 3.63) is 65.4 Å². The van der Waals surface area contributed by atoms with Crippen molar-refractivity contribution in [2.45, 2.75) is 38.0 Å². The number of amides is 1. The van der Waals surface area contributed by atoms with Crippen LogP contribution in [0, 0.1) is 13.8 Å². The van der Waals surface area contributed by atoms with Crippen LogP contribution in [0.3, 0.4) is 0 Å². The van der Waals surface area contributed by atoms with Gasteiger partial charge in [0.25, 0.3) is 5.91 Å². The quantitative estimate of drug-likeness (QED) is 0.679. The Morgan fingerprint density at radius 3 is 2.50 bits per heavy atom. The first-order valence-corrected chi connectivity index (χ1v) is 11.6. The number of pyridine rings is 1. The molecule has 4 rings (SSSR count). The van der Waals surface area contributed by atoms with Gasteiger partial charge in [-0.15, -0.1) is 0 Å². The molecular weight excluding hydrogens is 398 g/mol. The number of piperidine rings is 1. The molecule has 0 spiro atoms. The van der Waals surface area contributed by atoms with Crippen LogP contribution >= 0.6 is 0 Å². The van der Waals surface area contributed by atoms with E-state index in [0.717, 1.165) is 41.3 Å². The topological polar surface area (TPSA) is 79.4 Å². The Kier molecular flexibility index (Phi) is 5.58. The minimum absolute atomic E-state index is 0.163. The third kappa shape index (κ3) is 3.82. The standard InChI is InChI=1S/C23H25N3O3S/c1-16-8-10-18(30(28,29)26-13-4-3-5-14-26)15-20(16)23(27)25-21-11-9-17(2)22-19(21)7-6-12-24-22/h6-12,15H,3-5,13-14H2,1-2H3,(H,25,27). The average Bonchev–Trinajstić information content (AvgIpc) is 2.76. The molecule has 0 radical (unpaired) electrons. The van der Waals surface area contributed by atoms with Crippen molar-refractivity contribution in [3.8, 4) is 0 Å². The summed E-state index contributed by atoms with van der Waals surface area (Å²) in [5, 5.41) is 3.79. The minimum atomic E-state index is -3.60. The highest BCUT2D eigenvalue weighted by Crippen LogP contribution is 2.27. The van der Waals surface area contributed by atoms with Crippen molar-refractivity contribution >= 4 is 32.5 Å². The van der Waals surface area contributed by atoms with Crippen molar-refractivity contribution in [2.24, 2.45) is 0 Å². The molecule has 0 bridgehead atoms. The molecule has 1 fully saturated rings. The van der Waals surface area contributed by atoms with Crippen LogP contribution in [0.2, 0.25) is 0 Å². The number of rotatable bonds is 4. The smallest absolute Gasteiger partial charge is 0.255 e. The fourth-order valence-corrected chi connectivity index (χ4v) is 5.42. The van der Waals surface area contributed by atoms with Crippen molar-refractivity contribution < 1.29 is 13.2 Å². The number of nitrogens with zero attached hydrogens (tertiary/aromatic N) is 2. The van der Waals surface area contributed by atoms with Gasteiger partial charge in [0, 0.05) is 30.2 Å². The molecule has 30 heavy (non-hydrogen) atoms. The molecule has 1 amide bonds. The number of fused-ring (bicyclic) bond motifs is 1. The van der Waals surface area contributed by atoms with Gasteiger partial charge in [0.2, 0.25) is 10.0 Å². The molecular formula is C23H25N3O3S. The molecule has 1 aliphatic heterocycles. The lowest BCUT2D eigenvalue weighted by atomic mass is 10.1. The van der Waals surface area contributed by atoms with Crippen LogP contribution in [-0.4, -0.2) is 36.7 Å². The fraction of sp³-hybridized carbons (Fsp3) is 0.304. The van der Waals surface area contributed by atoms with Crippen LogP contribution in [0.4, 0.5) is 5.69 Å². The molecule has 156 valence electrons. The van der Waals surface area contributed by atoms with E-state index in [9.17, 15) is 13.2 Å². The second-order valence-electron chi connectivity index (χ2n) is 7.73. The summed E-state index contributed by atoms with van der Waals surface area (Å²) < 4.78 is 27.6. The van der Waals surface area contributed by atoms with E-state index in [2.05, 4.69) is 10.3 Å². The maximum absolute atomic E-state index is 13.1. The molecule has 6 nitrogen and oxygen atoms in total. The SMILES string of the molecule is Cc1ccc(S(=O)(=O)N2CCCCC2)cc1C(=O)Nc1ccc(C)c2ncccc12. The van der Waals surface area contributed by atoms with E-state index in [1.807, 2.05) is 31.2 Å². The number of benzene rings is 2. The van der Waals surface area contributed by atoms with Gasteiger partial charge in [-0.3, -0.25) is 9.78 Å². The molecule has 2 heterocycles. The summed E-state index contributed by atoms with van der Waals surface area (Å²) in [4.78, 5) is 17.6. The van der Waals surface area contributed by atoms with E-state index in [1.54, 1.807) is 25.3 Å². The second kappa shape index (κ2) is 8.16. The average molecular weight is 424 g/mol.